The predicted octanol–water partition coefficient (Wildman–Crippen LogP) is 3.22. The summed E-state index contributed by atoms with van der Waals surface area (Å²) in [4.78, 5) is 0. The van der Waals surface area contributed by atoms with E-state index in [4.69, 9.17) is 15.1 Å². The molecule has 0 atom stereocenters. The average Bonchev–Trinajstić information content (AvgIpc) is 2.90. The minimum absolute atomic E-state index is 1.28. The third kappa shape index (κ3) is 26.9. The molecule has 0 unspecified atom stereocenters. The van der Waals surface area contributed by atoms with Crippen molar-refractivity contribution in [2.24, 2.45) is 0 Å². The fourth-order valence-corrected chi connectivity index (χ4v) is 4.02. The van der Waals surface area contributed by atoms with Crippen LogP contribution in [0.4, 0.5) is 17.6 Å². The first-order chi connectivity index (χ1) is 17.0. The topological polar surface area (TPSA) is 69.2 Å². The van der Waals surface area contributed by atoms with E-state index in [-0.39, 0.29) is 0 Å². The van der Waals surface area contributed by atoms with Gasteiger partial charge < -0.3 is 28.5 Å². The van der Waals surface area contributed by atoms with Gasteiger partial charge in [-0.3, -0.25) is 7.32 Å². The zero-order chi connectivity index (χ0) is 30.8. The molecule has 0 spiro atoms. The SMILES string of the molecule is CC[N+](CC)(CC)CC.CC[N+](CC)(CC)CC.CC[N+](CC)(CC)CC.FCC(F)(F)F.[O-]B([O-])[O-]. The van der Waals surface area contributed by atoms with Gasteiger partial charge in [0.05, 0.1) is 78.5 Å². The molecule has 0 aliphatic rings. The summed E-state index contributed by atoms with van der Waals surface area (Å²) < 4.78 is 45.4. The lowest BCUT2D eigenvalue weighted by atomic mass is 10.3. The highest BCUT2D eigenvalue weighted by Gasteiger charge is 2.26. The number of rotatable bonds is 12. The van der Waals surface area contributed by atoms with Gasteiger partial charge in [0.2, 0.25) is 0 Å². The summed E-state index contributed by atoms with van der Waals surface area (Å²) >= 11 is 0. The number of hydrogen-bond acceptors (Lipinski definition) is 3. The predicted molar refractivity (Wildman–Crippen MR) is 145 cm³/mol. The summed E-state index contributed by atoms with van der Waals surface area (Å²) in [5.74, 6) is 0. The molecular formula is C26H62BF4N3O3. The van der Waals surface area contributed by atoms with Crippen LogP contribution in [0.25, 0.3) is 0 Å². The van der Waals surface area contributed by atoms with Crippen molar-refractivity contribution in [1.82, 2.24) is 0 Å². The molecule has 0 aliphatic carbocycles. The zero-order valence-corrected chi connectivity index (χ0v) is 26.3. The molecule has 6 nitrogen and oxygen atoms in total. The fraction of sp³-hybridized carbons (Fsp3) is 1.00. The molecular weight excluding hydrogens is 489 g/mol. The Labute approximate surface area is 228 Å². The highest BCUT2D eigenvalue weighted by molar-refractivity contribution is 6.24. The van der Waals surface area contributed by atoms with Gasteiger partial charge in [0, 0.05) is 0 Å². The van der Waals surface area contributed by atoms with Crippen molar-refractivity contribution in [1.29, 1.82) is 0 Å². The standard InChI is InChI=1S/3C8H20N.C2H2F4.BO3/c3*1-5-9(6-2,7-3)8-4;3-1-2(4,5)6;2-1(3)4/h3*5-8H2,1-4H3;1H2;/q3*+1;;-3. The third-order valence-electron chi connectivity index (χ3n) is 8.20. The van der Waals surface area contributed by atoms with Crippen LogP contribution in [0, 0.1) is 0 Å². The maximum atomic E-state index is 10.4. The molecule has 37 heavy (non-hydrogen) atoms. The van der Waals surface area contributed by atoms with Crippen LogP contribution >= 0.6 is 0 Å². The largest absolute Gasteiger partial charge is 0.907 e. The first-order valence-electron chi connectivity index (χ1n) is 14.2. The van der Waals surface area contributed by atoms with Crippen LogP contribution in [0.15, 0.2) is 0 Å². The van der Waals surface area contributed by atoms with Crippen molar-refractivity contribution < 1.29 is 46.1 Å². The molecule has 0 saturated carbocycles. The Balaban J connectivity index is -0.000000118. The number of nitrogens with zero attached hydrogens (tertiary/aromatic N) is 3. The maximum absolute atomic E-state index is 10.4. The van der Waals surface area contributed by atoms with Crippen molar-refractivity contribution in [3.63, 3.8) is 0 Å². The van der Waals surface area contributed by atoms with Crippen LogP contribution < -0.4 is 15.1 Å². The fourth-order valence-electron chi connectivity index (χ4n) is 4.02. The molecule has 230 valence electrons. The molecule has 0 radical (unpaired) electrons. The number of halogens is 4. The van der Waals surface area contributed by atoms with Crippen molar-refractivity contribution in [3.8, 4) is 0 Å². The minimum atomic E-state index is -4.62. The van der Waals surface area contributed by atoms with Crippen molar-refractivity contribution >= 4 is 7.32 Å². The summed E-state index contributed by atoms with van der Waals surface area (Å²) in [6.07, 6.45) is -4.62. The van der Waals surface area contributed by atoms with Crippen molar-refractivity contribution in [3.05, 3.63) is 0 Å². The molecule has 0 fully saturated rings. The molecule has 0 aromatic heterocycles. The highest BCUT2D eigenvalue weighted by Crippen LogP contribution is 2.13. The highest BCUT2D eigenvalue weighted by atomic mass is 19.4. The molecule has 0 N–H and O–H groups in total. The van der Waals surface area contributed by atoms with E-state index in [1.807, 2.05) is 0 Å². The van der Waals surface area contributed by atoms with E-state index < -0.39 is 20.2 Å². The molecule has 11 heteroatoms. The van der Waals surface area contributed by atoms with Crippen LogP contribution in [0.2, 0.25) is 0 Å². The van der Waals surface area contributed by atoms with Gasteiger partial charge in [-0.15, -0.1) is 0 Å². The Morgan fingerprint density at radius 2 is 0.514 bits per heavy atom. The summed E-state index contributed by atoms with van der Waals surface area (Å²) in [7, 11) is -2.92. The van der Waals surface area contributed by atoms with E-state index in [2.05, 4.69) is 83.1 Å². The van der Waals surface area contributed by atoms with Gasteiger partial charge in [-0.1, -0.05) is 0 Å². The van der Waals surface area contributed by atoms with E-state index in [1.54, 1.807) is 0 Å². The van der Waals surface area contributed by atoms with E-state index in [9.17, 15) is 17.6 Å². The Hall–Kier alpha value is -0.455. The van der Waals surface area contributed by atoms with E-state index in [0.717, 1.165) is 0 Å². The van der Waals surface area contributed by atoms with Gasteiger partial charge in [-0.05, 0) is 83.1 Å². The summed E-state index contributed by atoms with van der Waals surface area (Å²) in [6, 6.07) is 0. The Morgan fingerprint density at radius 3 is 0.514 bits per heavy atom. The normalized spacial score (nSPS) is 11.4. The summed E-state index contributed by atoms with van der Waals surface area (Å²) in [6.45, 7) is 40.4. The van der Waals surface area contributed by atoms with Gasteiger partial charge in [-0.2, -0.15) is 13.2 Å². The second-order valence-corrected chi connectivity index (χ2v) is 8.86. The Bertz CT molecular complexity index is 346. The molecule has 0 aliphatic heterocycles. The van der Waals surface area contributed by atoms with E-state index in [1.165, 1.54) is 92.0 Å². The monoisotopic (exact) mass is 551 g/mol. The summed E-state index contributed by atoms with van der Waals surface area (Å²) in [5, 5.41) is 25.2. The molecule has 0 rings (SSSR count). The summed E-state index contributed by atoms with van der Waals surface area (Å²) in [5.41, 5.74) is 0. The smallest absolute Gasteiger partial charge is 0.416 e. The van der Waals surface area contributed by atoms with Crippen LogP contribution in [0.5, 0.6) is 0 Å². The van der Waals surface area contributed by atoms with Gasteiger partial charge in [-0.25, -0.2) is 4.39 Å². The number of hydrogen-bond donors (Lipinski definition) is 0. The van der Waals surface area contributed by atoms with E-state index >= 15 is 0 Å². The van der Waals surface area contributed by atoms with Crippen molar-refractivity contribution in [2.45, 2.75) is 89.3 Å². The molecule has 0 saturated heterocycles. The van der Waals surface area contributed by atoms with Crippen LogP contribution in [-0.4, -0.2) is 112 Å². The molecule has 0 aromatic carbocycles. The molecule has 0 heterocycles. The third-order valence-corrected chi connectivity index (χ3v) is 8.20. The quantitative estimate of drug-likeness (QED) is 0.213. The Kier molecular flexibility index (Phi) is 34.0. The Morgan fingerprint density at radius 1 is 0.432 bits per heavy atom. The number of quaternary nitrogens is 3. The van der Waals surface area contributed by atoms with Gasteiger partial charge in [0.1, 0.15) is 0 Å². The van der Waals surface area contributed by atoms with E-state index in [0.29, 0.717) is 0 Å². The zero-order valence-electron chi connectivity index (χ0n) is 26.3. The lowest BCUT2D eigenvalue weighted by molar-refractivity contribution is -0.921. The maximum Gasteiger partial charge on any atom is 0.416 e. The molecule has 0 bridgehead atoms. The second kappa shape index (κ2) is 27.1. The average molecular weight is 552 g/mol. The van der Waals surface area contributed by atoms with Crippen LogP contribution in [0.1, 0.15) is 83.1 Å². The first-order valence-corrected chi connectivity index (χ1v) is 14.2. The number of alkyl halides is 4. The molecule has 0 aromatic rings. The van der Waals surface area contributed by atoms with Gasteiger partial charge in [0.15, 0.2) is 6.67 Å². The lowest BCUT2D eigenvalue weighted by Gasteiger charge is -2.35. The van der Waals surface area contributed by atoms with Crippen LogP contribution in [-0.2, 0) is 0 Å². The van der Waals surface area contributed by atoms with Crippen molar-refractivity contribution in [2.75, 3.05) is 85.2 Å². The minimum Gasteiger partial charge on any atom is -0.907 e. The lowest BCUT2D eigenvalue weighted by Crippen LogP contribution is -2.56. The molecule has 0 amide bonds. The van der Waals surface area contributed by atoms with Crippen LogP contribution in [0.3, 0.4) is 0 Å². The van der Waals surface area contributed by atoms with Gasteiger partial charge >= 0.3 is 6.18 Å². The first kappa shape index (κ1) is 46.4. The second-order valence-electron chi connectivity index (χ2n) is 8.86. The van der Waals surface area contributed by atoms with Gasteiger partial charge in [0.25, 0.3) is 0 Å².